The summed E-state index contributed by atoms with van der Waals surface area (Å²) in [6.45, 7) is 0.229. The van der Waals surface area contributed by atoms with Gasteiger partial charge in [0.05, 0.1) is 11.6 Å². The second-order valence-corrected chi connectivity index (χ2v) is 6.31. The average molecular weight is 377 g/mol. The van der Waals surface area contributed by atoms with Crippen molar-refractivity contribution >= 4 is 16.9 Å². The van der Waals surface area contributed by atoms with Gasteiger partial charge in [0.1, 0.15) is 17.0 Å². The summed E-state index contributed by atoms with van der Waals surface area (Å²) < 4.78 is 43.5. The highest BCUT2D eigenvalue weighted by molar-refractivity contribution is 5.93. The van der Waals surface area contributed by atoms with Crippen LogP contribution in [-0.2, 0) is 6.18 Å². The van der Waals surface area contributed by atoms with Crippen LogP contribution in [0.5, 0.6) is 0 Å². The van der Waals surface area contributed by atoms with Crippen LogP contribution >= 0.6 is 0 Å². The van der Waals surface area contributed by atoms with E-state index in [1.807, 2.05) is 49.3 Å². The number of halogens is 3. The van der Waals surface area contributed by atoms with E-state index in [1.54, 1.807) is 0 Å². The van der Waals surface area contributed by atoms with Gasteiger partial charge in [-0.1, -0.05) is 18.2 Å². The molecule has 5 nitrogen and oxygen atoms in total. The molecule has 0 fully saturated rings. The van der Waals surface area contributed by atoms with E-state index >= 15 is 0 Å². The van der Waals surface area contributed by atoms with Gasteiger partial charge in [-0.3, -0.25) is 14.7 Å². The van der Waals surface area contributed by atoms with Gasteiger partial charge in [-0.25, -0.2) is 0 Å². The van der Waals surface area contributed by atoms with Crippen LogP contribution < -0.4 is 5.32 Å². The van der Waals surface area contributed by atoms with Crippen molar-refractivity contribution in [1.82, 2.24) is 15.2 Å². The molecule has 142 valence electrons. The number of aromatic nitrogens is 1. The Balaban J connectivity index is 1.71. The highest BCUT2D eigenvalue weighted by atomic mass is 19.4. The van der Waals surface area contributed by atoms with Crippen LogP contribution in [0, 0.1) is 0 Å². The number of amides is 1. The van der Waals surface area contributed by atoms with Gasteiger partial charge in [0.15, 0.2) is 0 Å². The number of fused-ring (bicyclic) bond motifs is 1. The molecule has 8 heteroatoms. The molecule has 0 spiro atoms. The molecule has 0 saturated carbocycles. The average Bonchev–Trinajstić information content (AvgIpc) is 3.04. The SMILES string of the molecule is CN(C)[C@@H](CNC(=O)c1ccc(C(F)(F)F)nc1)c1cc2ccccc2o1. The number of rotatable bonds is 5. The number of benzene rings is 1. The molecular weight excluding hydrogens is 359 g/mol. The topological polar surface area (TPSA) is 58.4 Å². The number of hydrogen-bond acceptors (Lipinski definition) is 4. The molecule has 27 heavy (non-hydrogen) atoms. The van der Waals surface area contributed by atoms with E-state index in [0.29, 0.717) is 5.76 Å². The lowest BCUT2D eigenvalue weighted by Crippen LogP contribution is -2.34. The van der Waals surface area contributed by atoms with Crippen molar-refractivity contribution in [2.75, 3.05) is 20.6 Å². The van der Waals surface area contributed by atoms with Crippen molar-refractivity contribution in [1.29, 1.82) is 0 Å². The lowest BCUT2D eigenvalue weighted by molar-refractivity contribution is -0.141. The van der Waals surface area contributed by atoms with Crippen LogP contribution in [0.2, 0.25) is 0 Å². The van der Waals surface area contributed by atoms with E-state index in [1.165, 1.54) is 0 Å². The van der Waals surface area contributed by atoms with Gasteiger partial charge in [-0.2, -0.15) is 13.2 Å². The Labute approximate surface area is 153 Å². The van der Waals surface area contributed by atoms with Crippen molar-refractivity contribution in [3.63, 3.8) is 0 Å². The summed E-state index contributed by atoms with van der Waals surface area (Å²) in [5, 5.41) is 3.68. The zero-order valence-electron chi connectivity index (χ0n) is 14.7. The molecule has 0 aliphatic rings. The molecular formula is C19H18F3N3O2. The minimum atomic E-state index is -4.54. The summed E-state index contributed by atoms with van der Waals surface area (Å²) in [6, 6.07) is 11.1. The summed E-state index contributed by atoms with van der Waals surface area (Å²) in [6.07, 6.45) is -3.61. The van der Waals surface area contributed by atoms with Crippen molar-refractivity contribution in [3.8, 4) is 0 Å². The van der Waals surface area contributed by atoms with Crippen LogP contribution in [0.25, 0.3) is 11.0 Å². The number of hydrogen-bond donors (Lipinski definition) is 1. The van der Waals surface area contributed by atoms with E-state index in [9.17, 15) is 18.0 Å². The van der Waals surface area contributed by atoms with Crippen LogP contribution in [0.15, 0.2) is 53.1 Å². The number of likely N-dealkylation sites (N-methyl/N-ethyl adjacent to an activating group) is 1. The highest BCUT2D eigenvalue weighted by Crippen LogP contribution is 2.28. The van der Waals surface area contributed by atoms with E-state index in [-0.39, 0.29) is 18.2 Å². The molecule has 0 aliphatic carbocycles. The number of nitrogens with one attached hydrogen (secondary N) is 1. The van der Waals surface area contributed by atoms with Gasteiger partial charge in [0, 0.05) is 18.1 Å². The third-order valence-electron chi connectivity index (χ3n) is 4.17. The van der Waals surface area contributed by atoms with Gasteiger partial charge < -0.3 is 9.73 Å². The Bertz CT molecular complexity index is 900. The van der Waals surface area contributed by atoms with Gasteiger partial charge in [-0.05, 0) is 38.4 Å². The Morgan fingerprint density at radius 2 is 1.96 bits per heavy atom. The maximum absolute atomic E-state index is 12.6. The number of para-hydroxylation sites is 1. The normalized spacial score (nSPS) is 13.1. The summed E-state index contributed by atoms with van der Waals surface area (Å²) >= 11 is 0. The fraction of sp³-hybridized carbons (Fsp3) is 0.263. The van der Waals surface area contributed by atoms with E-state index in [2.05, 4.69) is 10.3 Å². The molecule has 3 aromatic rings. The van der Waals surface area contributed by atoms with Crippen LogP contribution in [0.1, 0.15) is 27.9 Å². The number of alkyl halides is 3. The number of nitrogens with zero attached hydrogens (tertiary/aromatic N) is 2. The largest absolute Gasteiger partial charge is 0.459 e. The summed E-state index contributed by atoms with van der Waals surface area (Å²) in [5.74, 6) is 0.186. The fourth-order valence-electron chi connectivity index (χ4n) is 2.69. The predicted octanol–water partition coefficient (Wildman–Crippen LogP) is 3.88. The quantitative estimate of drug-likeness (QED) is 0.733. The molecule has 0 saturated heterocycles. The van der Waals surface area contributed by atoms with E-state index in [0.717, 1.165) is 29.3 Å². The lowest BCUT2D eigenvalue weighted by atomic mass is 10.1. The Morgan fingerprint density at radius 3 is 2.56 bits per heavy atom. The zero-order chi connectivity index (χ0) is 19.6. The third kappa shape index (κ3) is 4.28. The minimum absolute atomic E-state index is 0.0603. The minimum Gasteiger partial charge on any atom is -0.459 e. The molecule has 3 rings (SSSR count). The smallest absolute Gasteiger partial charge is 0.433 e. The molecule has 0 bridgehead atoms. The number of furan rings is 1. The summed E-state index contributed by atoms with van der Waals surface area (Å²) in [4.78, 5) is 17.5. The Hall–Kier alpha value is -2.87. The first-order valence-corrected chi connectivity index (χ1v) is 8.22. The number of carbonyl (C=O) groups is 1. The second kappa shape index (κ2) is 7.40. The molecule has 0 radical (unpaired) electrons. The van der Waals surface area contributed by atoms with Crippen molar-refractivity contribution in [2.24, 2.45) is 0 Å². The maximum Gasteiger partial charge on any atom is 0.433 e. The van der Waals surface area contributed by atoms with E-state index in [4.69, 9.17) is 4.42 Å². The van der Waals surface area contributed by atoms with Gasteiger partial charge >= 0.3 is 6.18 Å². The molecule has 0 aliphatic heterocycles. The van der Waals surface area contributed by atoms with E-state index < -0.39 is 17.8 Å². The zero-order valence-corrected chi connectivity index (χ0v) is 14.7. The first-order valence-electron chi connectivity index (χ1n) is 8.22. The Kier molecular flexibility index (Phi) is 5.18. The predicted molar refractivity (Wildman–Crippen MR) is 94.2 cm³/mol. The number of carbonyl (C=O) groups excluding carboxylic acids is 1. The molecule has 1 N–H and O–H groups in total. The van der Waals surface area contributed by atoms with Crippen molar-refractivity contribution in [2.45, 2.75) is 12.2 Å². The van der Waals surface area contributed by atoms with Crippen LogP contribution in [0.3, 0.4) is 0 Å². The highest BCUT2D eigenvalue weighted by Gasteiger charge is 2.32. The molecule has 1 aromatic carbocycles. The Morgan fingerprint density at radius 1 is 1.22 bits per heavy atom. The standard InChI is InChI=1S/C19H18F3N3O2/c1-25(2)14(16-9-12-5-3-4-6-15(12)27-16)11-24-18(26)13-7-8-17(23-10-13)19(20,21)22/h3-10,14H,11H2,1-2H3,(H,24,26)/t14-/m0/s1. The van der Waals surface area contributed by atoms with Crippen LogP contribution in [0.4, 0.5) is 13.2 Å². The van der Waals surface area contributed by atoms with Crippen molar-refractivity contribution in [3.05, 3.63) is 65.7 Å². The molecule has 1 amide bonds. The van der Waals surface area contributed by atoms with Crippen LogP contribution in [-0.4, -0.2) is 36.4 Å². The maximum atomic E-state index is 12.6. The molecule has 0 unspecified atom stereocenters. The van der Waals surface area contributed by atoms with Gasteiger partial charge in [0.25, 0.3) is 5.91 Å². The first-order chi connectivity index (χ1) is 12.8. The van der Waals surface area contributed by atoms with Crippen molar-refractivity contribution < 1.29 is 22.4 Å². The van der Waals surface area contributed by atoms with Gasteiger partial charge in [0.2, 0.25) is 0 Å². The second-order valence-electron chi connectivity index (χ2n) is 6.31. The molecule has 1 atom stereocenters. The summed E-state index contributed by atoms with van der Waals surface area (Å²) in [5.41, 5.74) is -0.227. The lowest BCUT2D eigenvalue weighted by Gasteiger charge is -2.22. The summed E-state index contributed by atoms with van der Waals surface area (Å²) in [7, 11) is 3.70. The van der Waals surface area contributed by atoms with Gasteiger partial charge in [-0.15, -0.1) is 0 Å². The monoisotopic (exact) mass is 377 g/mol. The number of pyridine rings is 1. The molecule has 2 aromatic heterocycles. The third-order valence-corrected chi connectivity index (χ3v) is 4.17. The first kappa shape index (κ1) is 18.9. The molecule has 2 heterocycles. The fourth-order valence-corrected chi connectivity index (χ4v) is 2.69.